The predicted molar refractivity (Wildman–Crippen MR) is 133 cm³/mol. The average Bonchev–Trinajstić information content (AvgIpc) is 3.65. The Labute approximate surface area is 222 Å². The van der Waals surface area contributed by atoms with E-state index < -0.39 is 46.2 Å². The summed E-state index contributed by atoms with van der Waals surface area (Å²) in [5.41, 5.74) is -1.77. The molecule has 4 bridgehead atoms. The van der Waals surface area contributed by atoms with E-state index in [1.807, 2.05) is 0 Å². The fraction of sp³-hybridized carbons (Fsp3) is 0.690. The lowest BCUT2D eigenvalue weighted by Crippen LogP contribution is -2.66. The number of epoxide rings is 1. The van der Waals surface area contributed by atoms with Crippen LogP contribution in [0.3, 0.4) is 0 Å². The van der Waals surface area contributed by atoms with Gasteiger partial charge in [0, 0.05) is 24.0 Å². The first-order valence-corrected chi connectivity index (χ1v) is 13.6. The van der Waals surface area contributed by atoms with Crippen molar-refractivity contribution in [2.45, 2.75) is 94.9 Å². The maximum atomic E-state index is 13.2. The Hall–Kier alpha value is -2.33. The maximum absolute atomic E-state index is 13.2. The van der Waals surface area contributed by atoms with Gasteiger partial charge in [0.25, 0.3) is 0 Å². The van der Waals surface area contributed by atoms with E-state index in [1.165, 1.54) is 24.6 Å². The highest BCUT2D eigenvalue weighted by molar-refractivity contribution is 5.88. The molecule has 8 atom stereocenters. The zero-order chi connectivity index (χ0) is 26.9. The first-order valence-electron chi connectivity index (χ1n) is 13.6. The number of aliphatic hydroxyl groups is 1. The predicted octanol–water partition coefficient (Wildman–Crippen LogP) is 2.50. The number of carbonyl (C=O) groups is 3. The van der Waals surface area contributed by atoms with Gasteiger partial charge >= 0.3 is 11.9 Å². The number of rotatable bonds is 1. The molecule has 0 aromatic carbocycles. The quantitative estimate of drug-likeness (QED) is 0.311. The molecule has 2 aliphatic carbocycles. The molecule has 1 N–H and O–H groups in total. The summed E-state index contributed by atoms with van der Waals surface area (Å²) in [6.07, 6.45) is 6.90. The first kappa shape index (κ1) is 25.9. The summed E-state index contributed by atoms with van der Waals surface area (Å²) in [6.45, 7) is 6.28. The minimum absolute atomic E-state index is 0.0483. The van der Waals surface area contributed by atoms with Gasteiger partial charge in [-0.05, 0) is 51.5 Å². The van der Waals surface area contributed by atoms with E-state index >= 15 is 0 Å². The molecule has 4 aliphatic heterocycles. The zero-order valence-electron chi connectivity index (χ0n) is 22.2. The molecule has 9 nitrogen and oxygen atoms in total. The number of Topliss-reactive ketones (excluding diaryl/α,β-unsaturated/α-hetero) is 1. The summed E-state index contributed by atoms with van der Waals surface area (Å²) < 4.78 is 30.6. The fourth-order valence-electron chi connectivity index (χ4n) is 7.88. The molecular weight excluding hydrogens is 492 g/mol. The van der Waals surface area contributed by atoms with Crippen molar-refractivity contribution in [2.75, 3.05) is 19.8 Å². The van der Waals surface area contributed by atoms with Gasteiger partial charge in [-0.25, -0.2) is 9.59 Å². The van der Waals surface area contributed by atoms with Crippen molar-refractivity contribution < 1.29 is 43.2 Å². The van der Waals surface area contributed by atoms with Gasteiger partial charge < -0.3 is 28.8 Å². The standard InChI is InChI=1S/C29H36O9/c1-17-7-10-27-15-34-24(32)13-19-8-11-35-28(18(2)30,25(19)33)9-5-4-6-23(31)38-20-14-22(37-21(27)12-17)29(16-36-29)26(20,27)3/h4,6,12-13,20-22,25,33H,5,7-11,14-16H2,1-3H3/b6-4-,19-13-. The van der Waals surface area contributed by atoms with Crippen LogP contribution in [-0.2, 0) is 38.1 Å². The molecule has 1 saturated carbocycles. The van der Waals surface area contributed by atoms with E-state index in [9.17, 15) is 19.5 Å². The molecule has 4 fully saturated rings. The monoisotopic (exact) mass is 528 g/mol. The Morgan fingerprint density at radius 1 is 1.08 bits per heavy atom. The Morgan fingerprint density at radius 3 is 2.61 bits per heavy atom. The van der Waals surface area contributed by atoms with Crippen LogP contribution in [-0.4, -0.2) is 78.3 Å². The van der Waals surface area contributed by atoms with Gasteiger partial charge in [0.1, 0.15) is 24.4 Å². The van der Waals surface area contributed by atoms with E-state index in [0.29, 0.717) is 37.9 Å². The molecule has 6 rings (SSSR count). The van der Waals surface area contributed by atoms with E-state index in [0.717, 1.165) is 6.42 Å². The molecule has 0 aromatic rings. The van der Waals surface area contributed by atoms with Gasteiger partial charge in [-0.2, -0.15) is 0 Å². The van der Waals surface area contributed by atoms with Crippen LogP contribution in [0.1, 0.15) is 59.3 Å². The topological polar surface area (TPSA) is 121 Å². The lowest BCUT2D eigenvalue weighted by molar-refractivity contribution is -0.232. The number of aliphatic hydroxyl groups excluding tert-OH is 1. The van der Waals surface area contributed by atoms with Crippen LogP contribution in [0.4, 0.5) is 0 Å². The van der Waals surface area contributed by atoms with Gasteiger partial charge in [-0.15, -0.1) is 0 Å². The molecule has 0 aromatic heterocycles. The van der Waals surface area contributed by atoms with Crippen molar-refractivity contribution in [3.05, 3.63) is 35.5 Å². The van der Waals surface area contributed by atoms with E-state index in [-0.39, 0.29) is 37.6 Å². The van der Waals surface area contributed by atoms with Crippen molar-refractivity contribution in [2.24, 2.45) is 10.8 Å². The molecule has 2 spiro atoms. The molecule has 38 heavy (non-hydrogen) atoms. The van der Waals surface area contributed by atoms with Crippen LogP contribution in [0.15, 0.2) is 35.5 Å². The zero-order valence-corrected chi connectivity index (χ0v) is 22.2. The third-order valence-corrected chi connectivity index (χ3v) is 10.3. The van der Waals surface area contributed by atoms with E-state index in [4.69, 9.17) is 23.7 Å². The number of esters is 2. The van der Waals surface area contributed by atoms with Gasteiger partial charge in [0.15, 0.2) is 11.4 Å². The van der Waals surface area contributed by atoms with Crippen molar-refractivity contribution in [3.8, 4) is 0 Å². The molecule has 9 heteroatoms. The fourth-order valence-corrected chi connectivity index (χ4v) is 7.88. The summed E-state index contributed by atoms with van der Waals surface area (Å²) in [5.74, 6) is -1.41. The van der Waals surface area contributed by atoms with Crippen LogP contribution in [0.25, 0.3) is 0 Å². The largest absolute Gasteiger partial charge is 0.462 e. The number of hydrogen-bond acceptors (Lipinski definition) is 9. The summed E-state index contributed by atoms with van der Waals surface area (Å²) in [7, 11) is 0. The van der Waals surface area contributed by atoms with E-state index in [2.05, 4.69) is 19.9 Å². The number of ketones is 1. The van der Waals surface area contributed by atoms with Gasteiger partial charge in [0.05, 0.1) is 30.8 Å². The molecule has 6 aliphatic rings. The maximum Gasteiger partial charge on any atom is 0.330 e. The lowest BCUT2D eigenvalue weighted by Gasteiger charge is -2.58. The smallest absolute Gasteiger partial charge is 0.330 e. The second kappa shape index (κ2) is 8.84. The van der Waals surface area contributed by atoms with Crippen LogP contribution >= 0.6 is 0 Å². The summed E-state index contributed by atoms with van der Waals surface area (Å²) in [4.78, 5) is 38.9. The Balaban J connectivity index is 1.42. The minimum Gasteiger partial charge on any atom is -0.462 e. The highest BCUT2D eigenvalue weighted by atomic mass is 16.6. The van der Waals surface area contributed by atoms with Crippen LogP contribution < -0.4 is 0 Å². The summed E-state index contributed by atoms with van der Waals surface area (Å²) in [5, 5.41) is 11.2. The molecule has 206 valence electrons. The number of cyclic esters (lactones) is 1. The Kier molecular flexibility index (Phi) is 6.03. The van der Waals surface area contributed by atoms with Crippen LogP contribution in [0.5, 0.6) is 0 Å². The molecule has 3 saturated heterocycles. The van der Waals surface area contributed by atoms with Crippen molar-refractivity contribution >= 4 is 17.7 Å². The Morgan fingerprint density at radius 2 is 1.87 bits per heavy atom. The van der Waals surface area contributed by atoms with Crippen molar-refractivity contribution in [3.63, 3.8) is 0 Å². The number of allylic oxidation sites excluding steroid dienone is 2. The summed E-state index contributed by atoms with van der Waals surface area (Å²) in [6, 6.07) is 0. The first-order chi connectivity index (χ1) is 18.1. The molecule has 8 unspecified atom stereocenters. The summed E-state index contributed by atoms with van der Waals surface area (Å²) >= 11 is 0. The van der Waals surface area contributed by atoms with Gasteiger partial charge in [-0.1, -0.05) is 24.6 Å². The third kappa shape index (κ3) is 3.48. The van der Waals surface area contributed by atoms with Crippen molar-refractivity contribution in [1.29, 1.82) is 0 Å². The SMILES string of the molecule is CC(=O)C12CC/C=C\C(=O)OC3CC4OC5C=C(C)CCC5(COC(=O)/C=C(/CCO1)C2O)C3(C)C41CO1. The average molecular weight is 529 g/mol. The highest BCUT2D eigenvalue weighted by Gasteiger charge is 2.83. The van der Waals surface area contributed by atoms with Crippen LogP contribution in [0, 0.1) is 10.8 Å². The second-order valence-corrected chi connectivity index (χ2v) is 12.0. The minimum atomic E-state index is -1.49. The molecular formula is C29H36O9. The third-order valence-electron chi connectivity index (χ3n) is 10.3. The number of ether oxygens (including phenoxy) is 5. The molecule has 4 heterocycles. The van der Waals surface area contributed by atoms with Crippen molar-refractivity contribution in [1.82, 2.24) is 0 Å². The number of carbonyl (C=O) groups excluding carboxylic acids is 3. The van der Waals surface area contributed by atoms with E-state index in [1.54, 1.807) is 6.08 Å². The normalized spacial score (nSPS) is 48.6. The lowest BCUT2D eigenvalue weighted by atomic mass is 9.51. The number of hydrogen-bond donors (Lipinski definition) is 1. The van der Waals surface area contributed by atoms with Crippen LogP contribution in [0.2, 0.25) is 0 Å². The highest BCUT2D eigenvalue weighted by Crippen LogP contribution is 2.72. The Bertz CT molecular complexity index is 1150. The molecule has 0 amide bonds. The van der Waals surface area contributed by atoms with Gasteiger partial charge in [0.2, 0.25) is 0 Å². The second-order valence-electron chi connectivity index (χ2n) is 12.0. The van der Waals surface area contributed by atoms with Gasteiger partial charge in [-0.3, -0.25) is 4.79 Å². The molecule has 0 radical (unpaired) electrons. The number of fused-ring (bicyclic) bond motifs is 2.